The first-order valence-electron chi connectivity index (χ1n) is 8.20. The zero-order chi connectivity index (χ0) is 18.3. The van der Waals surface area contributed by atoms with Crippen molar-refractivity contribution < 1.29 is 13.2 Å². The van der Waals surface area contributed by atoms with Crippen LogP contribution in [0.3, 0.4) is 0 Å². The average molecular weight is 337 g/mol. The Morgan fingerprint density at radius 1 is 1.00 bits per heavy atom. The largest absolute Gasteiger partial charge is 0.416 e. The third-order valence-corrected chi connectivity index (χ3v) is 3.91. The average Bonchev–Trinajstić information content (AvgIpc) is 2.56. The molecule has 0 heterocycles. The highest BCUT2D eigenvalue weighted by Crippen LogP contribution is 2.30. The first-order valence-corrected chi connectivity index (χ1v) is 8.20. The molecule has 0 bridgehead atoms. The van der Waals surface area contributed by atoms with E-state index in [0.717, 1.165) is 11.6 Å². The molecule has 0 saturated heterocycles. The molecule has 0 amide bonds. The minimum absolute atomic E-state index is 0.134. The van der Waals surface area contributed by atoms with Crippen molar-refractivity contribution in [1.82, 2.24) is 4.90 Å². The van der Waals surface area contributed by atoms with Crippen molar-refractivity contribution in [3.8, 4) is 0 Å². The van der Waals surface area contributed by atoms with E-state index in [9.17, 15) is 13.2 Å². The van der Waals surface area contributed by atoms with Crippen LogP contribution in [0.2, 0.25) is 0 Å². The SMILES string of the molecule is CC.Cc1ccc(C(C)N(C)Cc2cccc(C(F)(F)F)c2)cc1. The number of halogens is 3. The fourth-order valence-electron chi connectivity index (χ4n) is 2.37. The van der Waals surface area contributed by atoms with Crippen molar-refractivity contribution in [2.75, 3.05) is 7.05 Å². The van der Waals surface area contributed by atoms with Gasteiger partial charge in [-0.15, -0.1) is 0 Å². The molecular weight excluding hydrogens is 311 g/mol. The highest BCUT2D eigenvalue weighted by molar-refractivity contribution is 5.27. The normalized spacial score (nSPS) is 12.5. The predicted molar refractivity (Wildman–Crippen MR) is 93.9 cm³/mol. The minimum atomic E-state index is -4.29. The van der Waals surface area contributed by atoms with Gasteiger partial charge in [0.15, 0.2) is 0 Å². The number of rotatable bonds is 4. The summed E-state index contributed by atoms with van der Waals surface area (Å²) in [6.45, 7) is 8.55. The summed E-state index contributed by atoms with van der Waals surface area (Å²) in [5.74, 6) is 0. The van der Waals surface area contributed by atoms with Gasteiger partial charge < -0.3 is 0 Å². The molecular formula is C20H26F3N. The van der Waals surface area contributed by atoms with Crippen LogP contribution in [0.4, 0.5) is 13.2 Å². The van der Waals surface area contributed by atoms with Crippen molar-refractivity contribution in [2.24, 2.45) is 0 Å². The second-order valence-electron chi connectivity index (χ2n) is 5.70. The van der Waals surface area contributed by atoms with E-state index in [0.29, 0.717) is 12.1 Å². The molecule has 0 N–H and O–H groups in total. The van der Waals surface area contributed by atoms with Gasteiger partial charge in [0.1, 0.15) is 0 Å². The van der Waals surface area contributed by atoms with Gasteiger partial charge in [-0.3, -0.25) is 4.90 Å². The van der Waals surface area contributed by atoms with Crippen LogP contribution in [-0.4, -0.2) is 11.9 Å². The van der Waals surface area contributed by atoms with E-state index in [1.807, 2.05) is 44.9 Å². The molecule has 2 rings (SSSR count). The molecule has 24 heavy (non-hydrogen) atoms. The van der Waals surface area contributed by atoms with Crippen LogP contribution in [0.1, 0.15) is 49.1 Å². The molecule has 0 fully saturated rings. The fraction of sp³-hybridized carbons (Fsp3) is 0.400. The third kappa shape index (κ3) is 5.68. The van der Waals surface area contributed by atoms with Crippen LogP contribution < -0.4 is 0 Å². The maximum absolute atomic E-state index is 12.8. The molecule has 0 aliphatic rings. The second kappa shape index (κ2) is 8.88. The molecule has 0 aliphatic carbocycles. The molecule has 0 saturated carbocycles. The van der Waals surface area contributed by atoms with Gasteiger partial charge in [0.25, 0.3) is 0 Å². The van der Waals surface area contributed by atoms with Gasteiger partial charge >= 0.3 is 6.18 Å². The summed E-state index contributed by atoms with van der Waals surface area (Å²) >= 11 is 0. The minimum Gasteiger partial charge on any atom is -0.295 e. The van der Waals surface area contributed by atoms with Gasteiger partial charge in [0.05, 0.1) is 5.56 Å². The first-order chi connectivity index (χ1) is 11.3. The van der Waals surface area contributed by atoms with Crippen molar-refractivity contribution in [2.45, 2.75) is 46.5 Å². The lowest BCUT2D eigenvalue weighted by atomic mass is 10.0. The summed E-state index contributed by atoms with van der Waals surface area (Å²) in [7, 11) is 1.92. The van der Waals surface area contributed by atoms with Crippen LogP contribution in [-0.2, 0) is 12.7 Å². The van der Waals surface area contributed by atoms with E-state index in [4.69, 9.17) is 0 Å². The first kappa shape index (κ1) is 20.2. The highest BCUT2D eigenvalue weighted by atomic mass is 19.4. The lowest BCUT2D eigenvalue weighted by Crippen LogP contribution is -2.22. The molecule has 0 radical (unpaired) electrons. The van der Waals surface area contributed by atoms with Gasteiger partial charge in [-0.25, -0.2) is 0 Å². The molecule has 132 valence electrons. The molecule has 1 atom stereocenters. The Morgan fingerprint density at radius 2 is 1.58 bits per heavy atom. The number of aryl methyl sites for hydroxylation is 1. The number of benzene rings is 2. The molecule has 4 heteroatoms. The van der Waals surface area contributed by atoms with Gasteiger partial charge in [-0.1, -0.05) is 61.9 Å². The molecule has 0 aliphatic heterocycles. The Labute approximate surface area is 143 Å². The number of hydrogen-bond donors (Lipinski definition) is 0. The summed E-state index contributed by atoms with van der Waals surface area (Å²) in [6, 6.07) is 13.9. The van der Waals surface area contributed by atoms with Gasteiger partial charge in [0.2, 0.25) is 0 Å². The smallest absolute Gasteiger partial charge is 0.295 e. The predicted octanol–water partition coefficient (Wildman–Crippen LogP) is 6.23. The summed E-state index contributed by atoms with van der Waals surface area (Å²) in [6.07, 6.45) is -4.29. The van der Waals surface area contributed by atoms with E-state index < -0.39 is 11.7 Å². The van der Waals surface area contributed by atoms with E-state index in [1.165, 1.54) is 17.7 Å². The Bertz CT molecular complexity index is 618. The summed E-state index contributed by atoms with van der Waals surface area (Å²) in [4.78, 5) is 2.04. The zero-order valence-electron chi connectivity index (χ0n) is 15.0. The Morgan fingerprint density at radius 3 is 2.12 bits per heavy atom. The zero-order valence-corrected chi connectivity index (χ0v) is 15.0. The molecule has 1 nitrogen and oxygen atoms in total. The van der Waals surface area contributed by atoms with Crippen molar-refractivity contribution in [1.29, 1.82) is 0 Å². The van der Waals surface area contributed by atoms with E-state index in [1.54, 1.807) is 6.07 Å². The number of nitrogens with zero attached hydrogens (tertiary/aromatic N) is 1. The molecule has 0 spiro atoms. The van der Waals surface area contributed by atoms with Crippen LogP contribution >= 0.6 is 0 Å². The quantitative estimate of drug-likeness (QED) is 0.639. The Kier molecular flexibility index (Phi) is 7.49. The van der Waals surface area contributed by atoms with E-state index in [-0.39, 0.29) is 6.04 Å². The lowest BCUT2D eigenvalue weighted by Gasteiger charge is -2.25. The maximum atomic E-state index is 12.8. The standard InChI is InChI=1S/C18H20F3N.C2H6/c1-13-7-9-16(10-8-13)14(2)22(3)12-15-5-4-6-17(11-15)18(19,20)21;1-2/h4-11,14H,12H2,1-3H3;1-2H3. The topological polar surface area (TPSA) is 3.24 Å². The number of hydrogen-bond acceptors (Lipinski definition) is 1. The van der Waals surface area contributed by atoms with Crippen LogP contribution in [0.5, 0.6) is 0 Å². The second-order valence-corrected chi connectivity index (χ2v) is 5.70. The third-order valence-electron chi connectivity index (χ3n) is 3.91. The molecule has 1 unspecified atom stereocenters. The van der Waals surface area contributed by atoms with E-state index in [2.05, 4.69) is 19.1 Å². The van der Waals surface area contributed by atoms with Crippen LogP contribution in [0, 0.1) is 6.92 Å². The highest BCUT2D eigenvalue weighted by Gasteiger charge is 2.30. The summed E-state index contributed by atoms with van der Waals surface area (Å²) in [5.41, 5.74) is 2.41. The monoisotopic (exact) mass is 337 g/mol. The maximum Gasteiger partial charge on any atom is 0.416 e. The Balaban J connectivity index is 0.00000139. The van der Waals surface area contributed by atoms with Crippen LogP contribution in [0.15, 0.2) is 48.5 Å². The summed E-state index contributed by atoms with van der Waals surface area (Å²) in [5, 5.41) is 0. The van der Waals surface area contributed by atoms with Gasteiger partial charge in [-0.2, -0.15) is 13.2 Å². The molecule has 2 aromatic rings. The summed E-state index contributed by atoms with van der Waals surface area (Å²) < 4.78 is 38.3. The lowest BCUT2D eigenvalue weighted by molar-refractivity contribution is -0.137. The number of alkyl halides is 3. The van der Waals surface area contributed by atoms with E-state index >= 15 is 0 Å². The van der Waals surface area contributed by atoms with Crippen molar-refractivity contribution >= 4 is 0 Å². The van der Waals surface area contributed by atoms with Crippen molar-refractivity contribution in [3.63, 3.8) is 0 Å². The molecule has 2 aromatic carbocycles. The van der Waals surface area contributed by atoms with Crippen LogP contribution in [0.25, 0.3) is 0 Å². The Hall–Kier alpha value is -1.81. The fourth-order valence-corrected chi connectivity index (χ4v) is 2.37. The van der Waals surface area contributed by atoms with Crippen molar-refractivity contribution in [3.05, 3.63) is 70.8 Å². The van der Waals surface area contributed by atoms with Gasteiger partial charge in [0, 0.05) is 12.6 Å². The van der Waals surface area contributed by atoms with Gasteiger partial charge in [-0.05, 0) is 38.1 Å². The molecule has 0 aromatic heterocycles.